The first-order valence-corrected chi connectivity index (χ1v) is 7.41. The number of hydrogen-bond donors (Lipinski definition) is 1. The molecule has 2 rings (SSSR count). The maximum Gasteiger partial charge on any atom is 0.107 e. The number of hydrogen-bond acceptors (Lipinski definition) is 4. The second-order valence-corrected chi connectivity index (χ2v) is 5.98. The average Bonchev–Trinajstić information content (AvgIpc) is 2.85. The van der Waals surface area contributed by atoms with Crippen LogP contribution in [-0.2, 0) is 6.54 Å². The SMILES string of the molecule is CC(CN(C)C)NCc1nc(-c2ccccc2)cs1. The van der Waals surface area contributed by atoms with Crippen molar-refractivity contribution < 1.29 is 0 Å². The third-order valence-electron chi connectivity index (χ3n) is 2.86. The summed E-state index contributed by atoms with van der Waals surface area (Å²) in [5, 5.41) is 6.77. The van der Waals surface area contributed by atoms with Gasteiger partial charge < -0.3 is 10.2 Å². The molecule has 0 amide bonds. The molecule has 0 saturated carbocycles. The fourth-order valence-electron chi connectivity index (χ4n) is 2.01. The van der Waals surface area contributed by atoms with Crippen molar-refractivity contribution >= 4 is 11.3 Å². The molecule has 19 heavy (non-hydrogen) atoms. The maximum absolute atomic E-state index is 4.67. The molecule has 1 heterocycles. The van der Waals surface area contributed by atoms with Crippen molar-refractivity contribution in [1.29, 1.82) is 0 Å². The summed E-state index contributed by atoms with van der Waals surface area (Å²) in [7, 11) is 4.18. The molecule has 0 spiro atoms. The van der Waals surface area contributed by atoms with E-state index in [1.807, 2.05) is 18.2 Å². The molecule has 1 aromatic carbocycles. The molecule has 0 aliphatic carbocycles. The summed E-state index contributed by atoms with van der Waals surface area (Å²) in [6.45, 7) is 4.08. The fourth-order valence-corrected chi connectivity index (χ4v) is 2.76. The summed E-state index contributed by atoms with van der Waals surface area (Å²) in [4.78, 5) is 6.86. The van der Waals surface area contributed by atoms with Crippen molar-refractivity contribution in [1.82, 2.24) is 15.2 Å². The Morgan fingerprint density at radius 3 is 2.68 bits per heavy atom. The Bertz CT molecular complexity index is 493. The molecule has 1 atom stereocenters. The van der Waals surface area contributed by atoms with Crippen LogP contribution >= 0.6 is 11.3 Å². The summed E-state index contributed by atoms with van der Waals surface area (Å²) in [5.41, 5.74) is 2.26. The van der Waals surface area contributed by atoms with E-state index in [0.717, 1.165) is 23.8 Å². The van der Waals surface area contributed by atoms with Crippen LogP contribution in [0.15, 0.2) is 35.7 Å². The quantitative estimate of drug-likeness (QED) is 0.878. The molecule has 0 aliphatic rings. The molecule has 4 heteroatoms. The van der Waals surface area contributed by atoms with Gasteiger partial charge in [-0.2, -0.15) is 0 Å². The molecule has 0 fully saturated rings. The van der Waals surface area contributed by atoms with Gasteiger partial charge in [-0.05, 0) is 21.0 Å². The zero-order chi connectivity index (χ0) is 13.7. The van der Waals surface area contributed by atoms with Crippen LogP contribution in [0.25, 0.3) is 11.3 Å². The van der Waals surface area contributed by atoms with E-state index in [4.69, 9.17) is 0 Å². The van der Waals surface area contributed by atoms with E-state index < -0.39 is 0 Å². The van der Waals surface area contributed by atoms with Gasteiger partial charge in [-0.1, -0.05) is 30.3 Å². The van der Waals surface area contributed by atoms with E-state index in [1.165, 1.54) is 5.56 Å². The van der Waals surface area contributed by atoms with E-state index in [2.05, 4.69) is 53.7 Å². The number of aromatic nitrogens is 1. The highest BCUT2D eigenvalue weighted by molar-refractivity contribution is 7.09. The monoisotopic (exact) mass is 275 g/mol. The third kappa shape index (κ3) is 4.42. The Kier molecular flexibility index (Phi) is 5.07. The van der Waals surface area contributed by atoms with Crippen LogP contribution in [0.5, 0.6) is 0 Å². The highest BCUT2D eigenvalue weighted by atomic mass is 32.1. The molecule has 1 N–H and O–H groups in total. The van der Waals surface area contributed by atoms with Gasteiger partial charge in [0.15, 0.2) is 0 Å². The number of nitrogens with one attached hydrogen (secondary N) is 1. The Balaban J connectivity index is 1.91. The molecule has 1 unspecified atom stereocenters. The number of likely N-dealkylation sites (N-methyl/N-ethyl adjacent to an activating group) is 1. The van der Waals surface area contributed by atoms with Gasteiger partial charge in [-0.3, -0.25) is 0 Å². The summed E-state index contributed by atoms with van der Waals surface area (Å²) < 4.78 is 0. The van der Waals surface area contributed by atoms with Crippen LogP contribution < -0.4 is 5.32 Å². The minimum atomic E-state index is 0.471. The number of thiazole rings is 1. The zero-order valence-corrected chi connectivity index (χ0v) is 12.6. The summed E-state index contributed by atoms with van der Waals surface area (Å²) in [6, 6.07) is 10.8. The first kappa shape index (κ1) is 14.2. The Hall–Kier alpha value is -1.23. The Morgan fingerprint density at radius 2 is 2.00 bits per heavy atom. The third-order valence-corrected chi connectivity index (χ3v) is 3.71. The van der Waals surface area contributed by atoms with Gasteiger partial charge in [-0.25, -0.2) is 4.98 Å². The minimum Gasteiger partial charge on any atom is -0.308 e. The lowest BCUT2D eigenvalue weighted by molar-refractivity contribution is 0.349. The number of rotatable bonds is 6. The first-order chi connectivity index (χ1) is 9.15. The van der Waals surface area contributed by atoms with Crippen LogP contribution in [0.2, 0.25) is 0 Å². The van der Waals surface area contributed by atoms with Crippen LogP contribution in [0.1, 0.15) is 11.9 Å². The van der Waals surface area contributed by atoms with Crippen molar-refractivity contribution in [3.05, 3.63) is 40.7 Å². The summed E-state index contributed by atoms with van der Waals surface area (Å²) in [6.07, 6.45) is 0. The molecular weight excluding hydrogens is 254 g/mol. The molecule has 102 valence electrons. The van der Waals surface area contributed by atoms with Crippen molar-refractivity contribution in [2.24, 2.45) is 0 Å². The van der Waals surface area contributed by atoms with E-state index >= 15 is 0 Å². The Labute approximate surface area is 119 Å². The average molecular weight is 275 g/mol. The lowest BCUT2D eigenvalue weighted by Crippen LogP contribution is -2.35. The number of nitrogens with zero attached hydrogens (tertiary/aromatic N) is 2. The lowest BCUT2D eigenvalue weighted by Gasteiger charge is -2.17. The van der Waals surface area contributed by atoms with Crippen LogP contribution in [0, 0.1) is 0 Å². The highest BCUT2D eigenvalue weighted by Crippen LogP contribution is 2.21. The molecule has 0 aliphatic heterocycles. The predicted octanol–water partition coefficient (Wildman–Crippen LogP) is 2.85. The molecule has 0 bridgehead atoms. The lowest BCUT2D eigenvalue weighted by atomic mass is 10.2. The van der Waals surface area contributed by atoms with Crippen molar-refractivity contribution in [2.45, 2.75) is 19.5 Å². The molecule has 1 aromatic heterocycles. The summed E-state index contributed by atoms with van der Waals surface area (Å²) >= 11 is 1.72. The van der Waals surface area contributed by atoms with Crippen LogP contribution in [0.4, 0.5) is 0 Å². The molecular formula is C15H21N3S. The van der Waals surface area contributed by atoms with Gasteiger partial charge in [0.25, 0.3) is 0 Å². The number of benzene rings is 1. The van der Waals surface area contributed by atoms with Crippen molar-refractivity contribution in [2.75, 3.05) is 20.6 Å². The van der Waals surface area contributed by atoms with Gasteiger partial charge >= 0.3 is 0 Å². The fraction of sp³-hybridized carbons (Fsp3) is 0.400. The second kappa shape index (κ2) is 6.80. The van der Waals surface area contributed by atoms with Crippen LogP contribution in [0.3, 0.4) is 0 Å². The normalized spacial score (nSPS) is 12.8. The topological polar surface area (TPSA) is 28.2 Å². The van der Waals surface area contributed by atoms with Gasteiger partial charge in [0.05, 0.1) is 5.69 Å². The highest BCUT2D eigenvalue weighted by Gasteiger charge is 2.06. The largest absolute Gasteiger partial charge is 0.308 e. The smallest absolute Gasteiger partial charge is 0.107 e. The molecule has 3 nitrogen and oxygen atoms in total. The molecule has 0 saturated heterocycles. The first-order valence-electron chi connectivity index (χ1n) is 6.53. The van der Waals surface area contributed by atoms with Gasteiger partial charge in [0.1, 0.15) is 5.01 Å². The zero-order valence-electron chi connectivity index (χ0n) is 11.8. The molecule has 2 aromatic rings. The van der Waals surface area contributed by atoms with Crippen molar-refractivity contribution in [3.63, 3.8) is 0 Å². The maximum atomic E-state index is 4.67. The summed E-state index contributed by atoms with van der Waals surface area (Å²) in [5.74, 6) is 0. The van der Waals surface area contributed by atoms with E-state index in [0.29, 0.717) is 6.04 Å². The van der Waals surface area contributed by atoms with Crippen LogP contribution in [-0.4, -0.2) is 36.6 Å². The minimum absolute atomic E-state index is 0.471. The predicted molar refractivity (Wildman–Crippen MR) is 82.4 cm³/mol. The molecule has 0 radical (unpaired) electrons. The van der Waals surface area contributed by atoms with E-state index in [-0.39, 0.29) is 0 Å². The standard InChI is InChI=1S/C15H21N3S/c1-12(10-18(2)3)16-9-15-17-14(11-19-15)13-7-5-4-6-8-13/h4-8,11-12,16H,9-10H2,1-3H3. The second-order valence-electron chi connectivity index (χ2n) is 5.04. The Morgan fingerprint density at radius 1 is 1.26 bits per heavy atom. The van der Waals surface area contributed by atoms with E-state index in [1.54, 1.807) is 11.3 Å². The van der Waals surface area contributed by atoms with Gasteiger partial charge in [-0.15, -0.1) is 11.3 Å². The van der Waals surface area contributed by atoms with E-state index in [9.17, 15) is 0 Å². The van der Waals surface area contributed by atoms with Gasteiger partial charge in [0, 0.05) is 30.1 Å². The van der Waals surface area contributed by atoms with Crippen molar-refractivity contribution in [3.8, 4) is 11.3 Å². The van der Waals surface area contributed by atoms with Gasteiger partial charge in [0.2, 0.25) is 0 Å².